The van der Waals surface area contributed by atoms with Crippen LogP contribution >= 0.6 is 11.6 Å². The Kier molecular flexibility index (Phi) is 4.85. The largest absolute Gasteiger partial charge is 0.330 e. The van der Waals surface area contributed by atoms with Gasteiger partial charge in [0.25, 0.3) is 0 Å². The van der Waals surface area contributed by atoms with E-state index >= 15 is 0 Å². The van der Waals surface area contributed by atoms with E-state index < -0.39 is 16.0 Å². The summed E-state index contributed by atoms with van der Waals surface area (Å²) in [7, 11) is -3.74. The Bertz CT molecular complexity index is 582. The fraction of sp³-hybridized carbons (Fsp3) is 0.500. The zero-order valence-electron chi connectivity index (χ0n) is 10.9. The molecular weight excluding hydrogens is 305 g/mol. The molecule has 0 bridgehead atoms. The van der Waals surface area contributed by atoms with Crippen LogP contribution in [0.2, 0.25) is 5.02 Å². The molecule has 20 heavy (non-hydrogen) atoms. The summed E-state index contributed by atoms with van der Waals surface area (Å²) in [5, 5.41) is 0.155. The molecule has 8 heteroatoms. The summed E-state index contributed by atoms with van der Waals surface area (Å²) in [4.78, 5) is 0. The lowest BCUT2D eigenvalue weighted by molar-refractivity contribution is 0.273. The molecule has 1 heterocycles. The van der Waals surface area contributed by atoms with Crippen LogP contribution in [0.1, 0.15) is 12.8 Å². The van der Waals surface area contributed by atoms with Crippen molar-refractivity contribution in [2.45, 2.75) is 12.8 Å². The Balaban J connectivity index is 2.16. The van der Waals surface area contributed by atoms with E-state index in [0.29, 0.717) is 19.6 Å². The topological polar surface area (TPSA) is 75.4 Å². The molecule has 0 saturated carbocycles. The number of nitrogens with one attached hydrogen (secondary N) is 1. The molecule has 1 aromatic carbocycles. The van der Waals surface area contributed by atoms with Gasteiger partial charge in [-0.05, 0) is 43.5 Å². The molecule has 112 valence electrons. The number of nitrogens with zero attached hydrogens (tertiary/aromatic N) is 1. The van der Waals surface area contributed by atoms with E-state index in [1.807, 2.05) is 0 Å². The maximum absolute atomic E-state index is 13.2. The molecule has 0 aromatic heterocycles. The van der Waals surface area contributed by atoms with E-state index in [1.165, 1.54) is 16.4 Å². The fourth-order valence-electron chi connectivity index (χ4n) is 2.22. The summed E-state index contributed by atoms with van der Waals surface area (Å²) in [6.07, 6.45) is 1.68. The molecule has 3 N–H and O–H groups in total. The Labute approximate surface area is 123 Å². The highest BCUT2D eigenvalue weighted by Crippen LogP contribution is 2.25. The normalized spacial score (nSPS) is 20.9. The van der Waals surface area contributed by atoms with Crippen LogP contribution < -0.4 is 10.5 Å². The molecule has 1 fully saturated rings. The lowest BCUT2D eigenvalue weighted by Crippen LogP contribution is -2.44. The van der Waals surface area contributed by atoms with E-state index in [-0.39, 0.29) is 16.6 Å². The van der Waals surface area contributed by atoms with Crippen LogP contribution in [0.3, 0.4) is 0 Å². The van der Waals surface area contributed by atoms with Gasteiger partial charge in [-0.15, -0.1) is 0 Å². The van der Waals surface area contributed by atoms with Crippen LogP contribution in [0.4, 0.5) is 10.1 Å². The Hall–Kier alpha value is -0.890. The van der Waals surface area contributed by atoms with Gasteiger partial charge in [0.15, 0.2) is 0 Å². The first-order valence-corrected chi connectivity index (χ1v) is 8.17. The Morgan fingerprint density at radius 2 is 2.25 bits per heavy atom. The second kappa shape index (κ2) is 6.26. The molecular formula is C12H17ClFN3O2S. The van der Waals surface area contributed by atoms with E-state index in [0.717, 1.165) is 18.9 Å². The van der Waals surface area contributed by atoms with Gasteiger partial charge in [-0.3, -0.25) is 4.72 Å². The van der Waals surface area contributed by atoms with Crippen LogP contribution in [-0.2, 0) is 10.2 Å². The lowest BCUT2D eigenvalue weighted by Gasteiger charge is -2.31. The quantitative estimate of drug-likeness (QED) is 0.888. The van der Waals surface area contributed by atoms with Gasteiger partial charge in [0.2, 0.25) is 0 Å². The van der Waals surface area contributed by atoms with Crippen molar-refractivity contribution >= 4 is 27.5 Å². The van der Waals surface area contributed by atoms with Crippen LogP contribution in [-0.4, -0.2) is 32.4 Å². The molecule has 1 aliphatic heterocycles. The molecule has 1 unspecified atom stereocenters. The SMILES string of the molecule is NCC1CCCN(S(=O)(=O)Nc2cc(F)ccc2Cl)C1. The van der Waals surface area contributed by atoms with Crippen molar-refractivity contribution in [3.63, 3.8) is 0 Å². The van der Waals surface area contributed by atoms with Crippen LogP contribution in [0.5, 0.6) is 0 Å². The number of rotatable bonds is 4. The average molecular weight is 322 g/mol. The second-order valence-corrected chi connectivity index (χ2v) is 6.91. The highest BCUT2D eigenvalue weighted by Gasteiger charge is 2.28. The highest BCUT2D eigenvalue weighted by molar-refractivity contribution is 7.90. The average Bonchev–Trinajstić information content (AvgIpc) is 2.43. The zero-order valence-corrected chi connectivity index (χ0v) is 12.4. The lowest BCUT2D eigenvalue weighted by atomic mass is 10.0. The van der Waals surface area contributed by atoms with Gasteiger partial charge in [0.1, 0.15) is 5.82 Å². The number of anilines is 1. The summed E-state index contributed by atoms with van der Waals surface area (Å²) in [5.74, 6) is -0.395. The van der Waals surface area contributed by atoms with Crippen LogP contribution in [0.15, 0.2) is 18.2 Å². The van der Waals surface area contributed by atoms with E-state index in [2.05, 4.69) is 4.72 Å². The molecule has 0 radical (unpaired) electrons. The maximum atomic E-state index is 13.2. The third-order valence-corrected chi connectivity index (χ3v) is 5.14. The third kappa shape index (κ3) is 3.60. The number of hydrogen-bond acceptors (Lipinski definition) is 3. The van der Waals surface area contributed by atoms with E-state index in [4.69, 9.17) is 17.3 Å². The molecule has 0 aliphatic carbocycles. The van der Waals surface area contributed by atoms with Crippen molar-refractivity contribution in [3.8, 4) is 0 Å². The minimum absolute atomic E-state index is 0.0431. The highest BCUT2D eigenvalue weighted by atomic mass is 35.5. The molecule has 1 aromatic rings. The predicted molar refractivity (Wildman–Crippen MR) is 77.3 cm³/mol. The van der Waals surface area contributed by atoms with Crippen molar-refractivity contribution in [1.82, 2.24) is 4.31 Å². The van der Waals surface area contributed by atoms with Crippen LogP contribution in [0, 0.1) is 11.7 Å². The van der Waals surface area contributed by atoms with Gasteiger partial charge >= 0.3 is 10.2 Å². The van der Waals surface area contributed by atoms with Crippen molar-refractivity contribution in [2.24, 2.45) is 11.7 Å². The zero-order chi connectivity index (χ0) is 14.8. The smallest absolute Gasteiger partial charge is 0.301 e. The van der Waals surface area contributed by atoms with Gasteiger partial charge in [-0.25, -0.2) is 4.39 Å². The minimum Gasteiger partial charge on any atom is -0.330 e. The third-order valence-electron chi connectivity index (χ3n) is 3.32. The number of nitrogens with two attached hydrogens (primary N) is 1. The Morgan fingerprint density at radius 3 is 2.95 bits per heavy atom. The van der Waals surface area contributed by atoms with Gasteiger partial charge in [-0.2, -0.15) is 12.7 Å². The van der Waals surface area contributed by atoms with E-state index in [9.17, 15) is 12.8 Å². The molecule has 1 saturated heterocycles. The second-order valence-electron chi connectivity index (χ2n) is 4.83. The summed E-state index contributed by atoms with van der Waals surface area (Å²) in [6.45, 7) is 1.25. The molecule has 0 spiro atoms. The molecule has 5 nitrogen and oxygen atoms in total. The van der Waals surface area contributed by atoms with Crippen molar-refractivity contribution in [1.29, 1.82) is 0 Å². The van der Waals surface area contributed by atoms with E-state index in [1.54, 1.807) is 0 Å². The monoisotopic (exact) mass is 321 g/mol. The van der Waals surface area contributed by atoms with Crippen LogP contribution in [0.25, 0.3) is 0 Å². The number of hydrogen-bond donors (Lipinski definition) is 2. The fourth-order valence-corrected chi connectivity index (χ4v) is 3.79. The molecule has 1 aliphatic rings. The van der Waals surface area contributed by atoms with Gasteiger partial charge in [0.05, 0.1) is 10.7 Å². The van der Waals surface area contributed by atoms with Gasteiger partial charge in [-0.1, -0.05) is 11.6 Å². The Morgan fingerprint density at radius 1 is 1.50 bits per heavy atom. The number of halogens is 2. The first-order valence-electron chi connectivity index (χ1n) is 6.35. The molecule has 0 amide bonds. The first-order chi connectivity index (χ1) is 9.42. The molecule has 1 atom stereocenters. The number of benzene rings is 1. The summed E-state index contributed by atoms with van der Waals surface area (Å²) in [5.41, 5.74) is 5.64. The molecule has 2 rings (SSSR count). The maximum Gasteiger partial charge on any atom is 0.301 e. The minimum atomic E-state index is -3.74. The van der Waals surface area contributed by atoms with Crippen molar-refractivity contribution < 1.29 is 12.8 Å². The predicted octanol–water partition coefficient (Wildman–Crippen LogP) is 1.81. The summed E-state index contributed by atoms with van der Waals surface area (Å²) >= 11 is 5.87. The van der Waals surface area contributed by atoms with Crippen molar-refractivity contribution in [3.05, 3.63) is 29.0 Å². The van der Waals surface area contributed by atoms with Crippen molar-refractivity contribution in [2.75, 3.05) is 24.4 Å². The first kappa shape index (κ1) is 15.5. The number of piperidine rings is 1. The summed E-state index contributed by atoms with van der Waals surface area (Å²) < 4.78 is 41.4. The summed E-state index contributed by atoms with van der Waals surface area (Å²) in [6, 6.07) is 3.54. The van der Waals surface area contributed by atoms with Gasteiger partial charge in [0, 0.05) is 13.1 Å². The standard InChI is InChI=1S/C12H17ClFN3O2S/c13-11-4-3-10(14)6-12(11)16-20(18,19)17-5-1-2-9(7-15)8-17/h3-4,6,9,16H,1-2,5,7-8,15H2. The van der Waals surface area contributed by atoms with Gasteiger partial charge < -0.3 is 5.73 Å².